The molecule has 3 rings (SSSR count). The van der Waals surface area contributed by atoms with E-state index in [-0.39, 0.29) is 15.9 Å². The van der Waals surface area contributed by atoms with Crippen LogP contribution in [0.4, 0.5) is 0 Å². The highest BCUT2D eigenvalue weighted by Crippen LogP contribution is 2.36. The third-order valence-corrected chi connectivity index (χ3v) is 5.16. The number of nitrogens with zero attached hydrogens (tertiary/aromatic N) is 3. The van der Waals surface area contributed by atoms with Crippen molar-refractivity contribution in [3.63, 3.8) is 0 Å². The number of amidine groups is 1. The first-order chi connectivity index (χ1) is 13.0. The van der Waals surface area contributed by atoms with Crippen molar-refractivity contribution >= 4 is 40.5 Å². The van der Waals surface area contributed by atoms with Crippen molar-refractivity contribution < 1.29 is 14.7 Å². The molecule has 2 aromatic rings. The predicted octanol–water partition coefficient (Wildman–Crippen LogP) is 0.716. The zero-order valence-electron chi connectivity index (χ0n) is 14.3. The molecule has 0 fully saturated rings. The van der Waals surface area contributed by atoms with E-state index in [1.54, 1.807) is 24.6 Å². The van der Waals surface area contributed by atoms with Crippen LogP contribution in [0.5, 0.6) is 5.88 Å². The van der Waals surface area contributed by atoms with E-state index in [4.69, 9.17) is 0 Å². The summed E-state index contributed by atoms with van der Waals surface area (Å²) in [5, 5.41) is 13.3. The third-order valence-electron chi connectivity index (χ3n) is 4.00. The van der Waals surface area contributed by atoms with Crippen molar-refractivity contribution in [2.24, 2.45) is 10.9 Å². The molecule has 2 amide bonds. The van der Waals surface area contributed by atoms with E-state index in [2.05, 4.69) is 25.3 Å². The Morgan fingerprint density at radius 2 is 1.85 bits per heavy atom. The second-order valence-corrected chi connectivity index (χ2v) is 7.09. The monoisotopic (exact) mass is 405 g/mol. The van der Waals surface area contributed by atoms with Crippen LogP contribution < -0.4 is 10.9 Å². The third kappa shape index (κ3) is 3.74. The Balaban J connectivity index is 2.21. The van der Waals surface area contributed by atoms with Gasteiger partial charge in [0.2, 0.25) is 11.8 Å². The Hall–Kier alpha value is -2.66. The lowest BCUT2D eigenvalue weighted by atomic mass is 9.80. The molecular weight excluding hydrogens is 390 g/mol. The van der Waals surface area contributed by atoms with E-state index in [0.29, 0.717) is 5.56 Å². The molecule has 3 N–H and O–H groups in total. The number of nitrogens with one attached hydrogen (secondary N) is 2. The SMILES string of the molecule is CSC1=NC(=O)C(C(c2ccncc2)c2c(O)nc(SC)[nH]c2=O)C(=O)N1. The maximum atomic E-state index is 12.6. The number of pyridine rings is 1. The number of carbonyl (C=O) groups is 2. The lowest BCUT2D eigenvalue weighted by Crippen LogP contribution is -2.46. The summed E-state index contributed by atoms with van der Waals surface area (Å²) in [6, 6.07) is 3.14. The van der Waals surface area contributed by atoms with Gasteiger partial charge in [0.1, 0.15) is 5.92 Å². The zero-order chi connectivity index (χ0) is 19.6. The predicted molar refractivity (Wildman–Crippen MR) is 102 cm³/mol. The van der Waals surface area contributed by atoms with Crippen LogP contribution in [0.25, 0.3) is 0 Å². The fraction of sp³-hybridized carbons (Fsp3) is 0.250. The van der Waals surface area contributed by atoms with Crippen LogP contribution >= 0.6 is 23.5 Å². The number of aromatic hydroxyl groups is 1. The average molecular weight is 405 g/mol. The van der Waals surface area contributed by atoms with Crippen molar-refractivity contribution in [2.75, 3.05) is 12.5 Å². The van der Waals surface area contributed by atoms with Gasteiger partial charge in [0.15, 0.2) is 10.3 Å². The normalized spacial score (nSPS) is 18.0. The summed E-state index contributed by atoms with van der Waals surface area (Å²) in [4.78, 5) is 52.2. The Kier molecular flexibility index (Phi) is 5.61. The minimum absolute atomic E-state index is 0.171. The first-order valence-corrected chi connectivity index (χ1v) is 10.2. The highest BCUT2D eigenvalue weighted by molar-refractivity contribution is 8.13. The van der Waals surface area contributed by atoms with Crippen LogP contribution in [-0.4, -0.2) is 49.6 Å². The summed E-state index contributed by atoms with van der Waals surface area (Å²) >= 11 is 2.27. The summed E-state index contributed by atoms with van der Waals surface area (Å²) in [5.41, 5.74) is -0.343. The number of aromatic nitrogens is 3. The maximum absolute atomic E-state index is 12.6. The second kappa shape index (κ2) is 7.92. The van der Waals surface area contributed by atoms with Gasteiger partial charge in [0.25, 0.3) is 11.5 Å². The molecule has 2 aromatic heterocycles. The van der Waals surface area contributed by atoms with Crippen LogP contribution in [0.2, 0.25) is 0 Å². The summed E-state index contributed by atoms with van der Waals surface area (Å²) in [7, 11) is 0. The maximum Gasteiger partial charge on any atom is 0.261 e. The second-order valence-electron chi connectivity index (χ2n) is 5.50. The molecule has 1 aliphatic rings. The van der Waals surface area contributed by atoms with Gasteiger partial charge in [-0.1, -0.05) is 23.5 Å². The quantitative estimate of drug-likeness (QED) is 0.384. The fourth-order valence-corrected chi connectivity index (χ4v) is 3.56. The number of aromatic amines is 1. The molecular formula is C16H15N5O4S2. The van der Waals surface area contributed by atoms with Gasteiger partial charge in [0, 0.05) is 18.3 Å². The molecule has 0 bridgehead atoms. The van der Waals surface area contributed by atoms with Gasteiger partial charge in [-0.2, -0.15) is 9.98 Å². The molecule has 2 unspecified atom stereocenters. The van der Waals surface area contributed by atoms with Crippen molar-refractivity contribution in [2.45, 2.75) is 11.1 Å². The highest BCUT2D eigenvalue weighted by atomic mass is 32.2. The number of hydrogen-bond acceptors (Lipinski definition) is 8. The van der Waals surface area contributed by atoms with Crippen molar-refractivity contribution in [3.8, 4) is 5.88 Å². The molecule has 0 saturated carbocycles. The number of hydrogen-bond donors (Lipinski definition) is 3. The van der Waals surface area contributed by atoms with Crippen LogP contribution in [-0.2, 0) is 9.59 Å². The first-order valence-electron chi connectivity index (χ1n) is 7.70. The Morgan fingerprint density at radius 3 is 2.41 bits per heavy atom. The highest BCUT2D eigenvalue weighted by Gasteiger charge is 2.42. The standard InChI is InChI=1S/C16H15N5O4S2/c1-26-15-18-11(22)9(12(23)19-15)8(7-3-5-17-6-4-7)10-13(24)20-16(27-2)21-14(10)25/h3-6,8-9H,1-2H3,(H,18,19,22,23)(H2,20,21,24,25). The topological polar surface area (TPSA) is 137 Å². The molecule has 2 atom stereocenters. The molecule has 0 radical (unpaired) electrons. The van der Waals surface area contributed by atoms with Gasteiger partial charge in [-0.15, -0.1) is 0 Å². The number of amides is 2. The largest absolute Gasteiger partial charge is 0.493 e. The van der Waals surface area contributed by atoms with E-state index >= 15 is 0 Å². The Bertz CT molecular complexity index is 977. The molecule has 9 nitrogen and oxygen atoms in total. The number of carbonyl (C=O) groups excluding carboxylic acids is 2. The van der Waals surface area contributed by atoms with Gasteiger partial charge in [-0.05, 0) is 30.2 Å². The molecule has 0 aliphatic carbocycles. The molecule has 140 valence electrons. The molecule has 3 heterocycles. The van der Waals surface area contributed by atoms with E-state index in [1.165, 1.54) is 12.4 Å². The van der Waals surface area contributed by atoms with E-state index in [1.807, 2.05) is 0 Å². The van der Waals surface area contributed by atoms with E-state index in [9.17, 15) is 19.5 Å². The van der Waals surface area contributed by atoms with Gasteiger partial charge in [-0.3, -0.25) is 19.4 Å². The molecule has 11 heteroatoms. The van der Waals surface area contributed by atoms with Crippen LogP contribution in [0, 0.1) is 5.92 Å². The van der Waals surface area contributed by atoms with E-state index < -0.39 is 35.1 Å². The van der Waals surface area contributed by atoms with Crippen molar-refractivity contribution in [3.05, 3.63) is 46.0 Å². The summed E-state index contributed by atoms with van der Waals surface area (Å²) < 4.78 is 0. The van der Waals surface area contributed by atoms with E-state index in [0.717, 1.165) is 23.5 Å². The average Bonchev–Trinajstić information content (AvgIpc) is 2.66. The number of thioether (sulfide) groups is 2. The number of H-pyrrole nitrogens is 1. The molecule has 0 saturated heterocycles. The lowest BCUT2D eigenvalue weighted by molar-refractivity contribution is -0.133. The van der Waals surface area contributed by atoms with Gasteiger partial charge < -0.3 is 15.4 Å². The van der Waals surface area contributed by atoms with Crippen LogP contribution in [0.3, 0.4) is 0 Å². The molecule has 27 heavy (non-hydrogen) atoms. The summed E-state index contributed by atoms with van der Waals surface area (Å²) in [5.74, 6) is -4.23. The molecule has 1 aliphatic heterocycles. The number of rotatable bonds is 4. The minimum Gasteiger partial charge on any atom is -0.493 e. The van der Waals surface area contributed by atoms with Crippen molar-refractivity contribution in [1.82, 2.24) is 20.3 Å². The molecule has 0 aromatic carbocycles. The summed E-state index contributed by atoms with van der Waals surface area (Å²) in [6.45, 7) is 0. The zero-order valence-corrected chi connectivity index (χ0v) is 15.9. The van der Waals surface area contributed by atoms with Gasteiger partial charge in [-0.25, -0.2) is 0 Å². The minimum atomic E-state index is -1.32. The van der Waals surface area contributed by atoms with Crippen LogP contribution in [0.15, 0.2) is 39.5 Å². The van der Waals surface area contributed by atoms with Gasteiger partial charge in [0.05, 0.1) is 5.56 Å². The molecule has 0 spiro atoms. The van der Waals surface area contributed by atoms with Gasteiger partial charge >= 0.3 is 0 Å². The van der Waals surface area contributed by atoms with Crippen LogP contribution in [0.1, 0.15) is 17.0 Å². The fourth-order valence-electron chi connectivity index (χ4n) is 2.81. The smallest absolute Gasteiger partial charge is 0.261 e. The Morgan fingerprint density at radius 1 is 1.15 bits per heavy atom. The lowest BCUT2D eigenvalue weighted by Gasteiger charge is -2.27. The number of aliphatic imine (C=N–C) groups is 1. The summed E-state index contributed by atoms with van der Waals surface area (Å²) in [6.07, 6.45) is 6.31. The van der Waals surface area contributed by atoms with Crippen molar-refractivity contribution in [1.29, 1.82) is 0 Å². The Labute approximate surface area is 162 Å². The first kappa shape index (κ1) is 19.1.